The molecule has 0 aliphatic heterocycles. The van der Waals surface area contributed by atoms with Gasteiger partial charge in [-0.3, -0.25) is 9.59 Å². The van der Waals surface area contributed by atoms with Crippen molar-refractivity contribution in [2.75, 3.05) is 10.6 Å². The lowest BCUT2D eigenvalue weighted by Crippen LogP contribution is -2.20. The highest BCUT2D eigenvalue weighted by Crippen LogP contribution is 2.38. The van der Waals surface area contributed by atoms with Crippen LogP contribution < -0.4 is 10.6 Å². The molecule has 1 atom stereocenters. The maximum atomic E-state index is 13.2. The lowest BCUT2D eigenvalue weighted by molar-refractivity contribution is -0.137. The first-order valence-electron chi connectivity index (χ1n) is 11.0. The lowest BCUT2D eigenvalue weighted by atomic mass is 9.92. The van der Waals surface area contributed by atoms with Gasteiger partial charge in [0, 0.05) is 22.7 Å². The summed E-state index contributed by atoms with van der Waals surface area (Å²) in [5.41, 5.74) is 0.377. The van der Waals surface area contributed by atoms with Crippen molar-refractivity contribution in [1.29, 1.82) is 0 Å². The summed E-state index contributed by atoms with van der Waals surface area (Å²) in [6, 6.07) is 20.7. The van der Waals surface area contributed by atoms with Crippen molar-refractivity contribution in [2.45, 2.75) is 43.5 Å². The zero-order valence-corrected chi connectivity index (χ0v) is 20.5. The zero-order chi connectivity index (χ0) is 25.6. The fourth-order valence-electron chi connectivity index (χ4n) is 3.35. The maximum absolute atomic E-state index is 13.2. The van der Waals surface area contributed by atoms with Crippen LogP contribution in [0.1, 0.15) is 43.6 Å². The fraction of sp³-hybridized carbons (Fsp3) is 0.259. The van der Waals surface area contributed by atoms with E-state index < -0.39 is 22.9 Å². The Morgan fingerprint density at radius 3 is 2.09 bits per heavy atom. The number of amides is 2. The quantitative estimate of drug-likeness (QED) is 0.329. The number of hydrogen-bond donors (Lipinski definition) is 2. The summed E-state index contributed by atoms with van der Waals surface area (Å²) in [6.07, 6.45) is -4.15. The molecule has 0 aliphatic rings. The Kier molecular flexibility index (Phi) is 8.27. The molecule has 3 aromatic rings. The summed E-state index contributed by atoms with van der Waals surface area (Å²) < 4.78 is 39.3. The van der Waals surface area contributed by atoms with Crippen molar-refractivity contribution < 1.29 is 22.8 Å². The summed E-state index contributed by atoms with van der Waals surface area (Å²) >= 11 is 1.25. The van der Waals surface area contributed by atoms with Gasteiger partial charge in [0.2, 0.25) is 11.8 Å². The highest BCUT2D eigenvalue weighted by Gasteiger charge is 2.31. The van der Waals surface area contributed by atoms with Crippen LogP contribution in [-0.2, 0) is 15.8 Å². The van der Waals surface area contributed by atoms with Gasteiger partial charge in [0.25, 0.3) is 0 Å². The summed E-state index contributed by atoms with van der Waals surface area (Å²) in [6.45, 7) is 5.94. The predicted molar refractivity (Wildman–Crippen MR) is 134 cm³/mol. The van der Waals surface area contributed by atoms with Gasteiger partial charge in [-0.2, -0.15) is 13.2 Å². The van der Waals surface area contributed by atoms with Crippen molar-refractivity contribution in [1.82, 2.24) is 0 Å². The Morgan fingerprint density at radius 1 is 0.829 bits per heavy atom. The molecular formula is C27H27F3N2O2S. The summed E-state index contributed by atoms with van der Waals surface area (Å²) in [4.78, 5) is 26.3. The highest BCUT2D eigenvalue weighted by atomic mass is 32.2. The molecule has 2 amide bonds. The van der Waals surface area contributed by atoms with Crippen molar-refractivity contribution in [3.05, 3.63) is 90.0 Å². The van der Waals surface area contributed by atoms with Gasteiger partial charge in [-0.1, -0.05) is 63.2 Å². The molecule has 35 heavy (non-hydrogen) atoms. The van der Waals surface area contributed by atoms with Gasteiger partial charge in [-0.05, 0) is 47.4 Å². The number of alkyl halides is 3. The second kappa shape index (κ2) is 11.0. The predicted octanol–water partition coefficient (Wildman–Crippen LogP) is 7.55. The number of carbonyl (C=O) groups is 2. The van der Waals surface area contributed by atoms with E-state index in [-0.39, 0.29) is 17.0 Å². The first kappa shape index (κ1) is 26.3. The van der Waals surface area contributed by atoms with E-state index in [1.54, 1.807) is 42.5 Å². The molecule has 0 fully saturated rings. The highest BCUT2D eigenvalue weighted by molar-refractivity contribution is 8.00. The molecule has 0 radical (unpaired) electrons. The zero-order valence-electron chi connectivity index (χ0n) is 19.6. The molecule has 2 N–H and O–H groups in total. The third kappa shape index (κ3) is 8.17. The van der Waals surface area contributed by atoms with Crippen LogP contribution in [0.15, 0.2) is 83.8 Å². The average Bonchev–Trinajstić information content (AvgIpc) is 2.76. The van der Waals surface area contributed by atoms with E-state index in [4.69, 9.17) is 0 Å². The van der Waals surface area contributed by atoms with Crippen LogP contribution in [0, 0.1) is 5.41 Å². The van der Waals surface area contributed by atoms with Gasteiger partial charge in [0.15, 0.2) is 0 Å². The van der Waals surface area contributed by atoms with E-state index in [0.29, 0.717) is 17.7 Å². The first-order chi connectivity index (χ1) is 16.4. The van der Waals surface area contributed by atoms with E-state index in [1.807, 2.05) is 32.9 Å². The molecule has 0 spiro atoms. The van der Waals surface area contributed by atoms with Gasteiger partial charge in [-0.15, -0.1) is 11.8 Å². The number of anilines is 2. The Hall–Kier alpha value is -3.26. The van der Waals surface area contributed by atoms with Crippen LogP contribution in [0.5, 0.6) is 0 Å². The minimum absolute atomic E-state index is 0.0644. The van der Waals surface area contributed by atoms with Crippen LogP contribution in [0.2, 0.25) is 0 Å². The van der Waals surface area contributed by atoms with Crippen molar-refractivity contribution in [2.24, 2.45) is 5.41 Å². The van der Waals surface area contributed by atoms with E-state index in [9.17, 15) is 22.8 Å². The summed E-state index contributed by atoms with van der Waals surface area (Å²) in [5.74, 6) is -0.566. The van der Waals surface area contributed by atoms with Crippen LogP contribution in [0.4, 0.5) is 24.5 Å². The second-order valence-electron chi connectivity index (χ2n) is 9.29. The molecule has 0 saturated heterocycles. The Bertz CT molecular complexity index is 1170. The molecule has 184 valence electrons. The third-order valence-electron chi connectivity index (χ3n) is 4.86. The van der Waals surface area contributed by atoms with Gasteiger partial charge in [-0.25, -0.2) is 0 Å². The monoisotopic (exact) mass is 500 g/mol. The molecule has 0 bridgehead atoms. The minimum Gasteiger partial charge on any atom is -0.326 e. The smallest absolute Gasteiger partial charge is 0.326 e. The molecule has 8 heteroatoms. The van der Waals surface area contributed by atoms with Gasteiger partial charge in [0.1, 0.15) is 5.25 Å². The normalized spacial score (nSPS) is 12.6. The minimum atomic E-state index is -4.51. The average molecular weight is 501 g/mol. The molecule has 3 rings (SSSR count). The van der Waals surface area contributed by atoms with E-state index in [0.717, 1.165) is 17.0 Å². The Morgan fingerprint density at radius 2 is 1.46 bits per heavy atom. The van der Waals surface area contributed by atoms with Crippen molar-refractivity contribution in [3.8, 4) is 0 Å². The number of halogens is 3. The lowest BCUT2D eigenvalue weighted by Gasteiger charge is -2.19. The molecule has 0 aliphatic carbocycles. The maximum Gasteiger partial charge on any atom is 0.416 e. The fourth-order valence-corrected chi connectivity index (χ4v) is 4.44. The largest absolute Gasteiger partial charge is 0.416 e. The van der Waals surface area contributed by atoms with Gasteiger partial charge < -0.3 is 10.6 Å². The standard InChI is InChI=1S/C27H27F3N2O2S/c1-26(2,3)17-23(33)31-21-13-8-14-22(16-21)35-24(18-9-5-4-6-10-18)25(34)32-20-12-7-11-19(15-20)27(28,29)30/h4-16,24H,17H2,1-3H3,(H,31,33)(H,32,34). The number of rotatable bonds is 7. The van der Waals surface area contributed by atoms with E-state index in [2.05, 4.69) is 10.6 Å². The number of hydrogen-bond acceptors (Lipinski definition) is 3. The Balaban J connectivity index is 1.82. The van der Waals surface area contributed by atoms with Crippen LogP contribution in [0.3, 0.4) is 0 Å². The molecule has 0 saturated carbocycles. The van der Waals surface area contributed by atoms with Crippen LogP contribution in [0.25, 0.3) is 0 Å². The van der Waals surface area contributed by atoms with Gasteiger partial charge in [0.05, 0.1) is 5.56 Å². The first-order valence-corrected chi connectivity index (χ1v) is 11.9. The van der Waals surface area contributed by atoms with E-state index in [1.165, 1.54) is 23.9 Å². The van der Waals surface area contributed by atoms with E-state index >= 15 is 0 Å². The molecule has 0 aromatic heterocycles. The van der Waals surface area contributed by atoms with Crippen LogP contribution in [-0.4, -0.2) is 11.8 Å². The number of carbonyl (C=O) groups excluding carboxylic acids is 2. The number of nitrogens with one attached hydrogen (secondary N) is 2. The SMILES string of the molecule is CC(C)(C)CC(=O)Nc1cccc(SC(C(=O)Nc2cccc(C(F)(F)F)c2)c2ccccc2)c1. The summed E-state index contributed by atoms with van der Waals surface area (Å²) in [5, 5.41) is 4.77. The van der Waals surface area contributed by atoms with Crippen LogP contribution >= 0.6 is 11.8 Å². The molecule has 3 aromatic carbocycles. The third-order valence-corrected chi connectivity index (χ3v) is 6.11. The molecule has 1 unspecified atom stereocenters. The molecular weight excluding hydrogens is 473 g/mol. The molecule has 4 nitrogen and oxygen atoms in total. The number of thioether (sulfide) groups is 1. The topological polar surface area (TPSA) is 58.2 Å². The second-order valence-corrected chi connectivity index (χ2v) is 10.5. The summed E-state index contributed by atoms with van der Waals surface area (Å²) in [7, 11) is 0. The van der Waals surface area contributed by atoms with Crippen molar-refractivity contribution in [3.63, 3.8) is 0 Å². The Labute approximate surface area is 207 Å². The molecule has 0 heterocycles. The number of benzene rings is 3. The van der Waals surface area contributed by atoms with Crippen molar-refractivity contribution >= 4 is 35.0 Å². The van der Waals surface area contributed by atoms with Gasteiger partial charge >= 0.3 is 6.18 Å².